The summed E-state index contributed by atoms with van der Waals surface area (Å²) in [7, 11) is 0. The van der Waals surface area contributed by atoms with Gasteiger partial charge in [0.05, 0.1) is 6.61 Å². The monoisotopic (exact) mass is 436 g/mol. The summed E-state index contributed by atoms with van der Waals surface area (Å²) in [6.45, 7) is 8.14. The molecule has 2 amide bonds. The molecule has 0 saturated carbocycles. The number of piperidine rings is 1. The number of likely N-dealkylation sites (tertiary alicyclic amines) is 1. The molecular weight excluding hydrogens is 404 g/mol. The molecule has 2 aliphatic rings. The lowest BCUT2D eigenvalue weighted by atomic mass is 9.94. The number of carbonyl (C=O) groups excluding carboxylic acids is 2. The average Bonchev–Trinajstić information content (AvgIpc) is 2.86. The number of amides is 2. The predicted octanol–water partition coefficient (Wildman–Crippen LogP) is 2.68. The first-order valence-corrected chi connectivity index (χ1v) is 11.6. The van der Waals surface area contributed by atoms with E-state index in [1.807, 2.05) is 28.9 Å². The van der Waals surface area contributed by atoms with E-state index in [0.29, 0.717) is 25.3 Å². The van der Waals surface area contributed by atoms with Crippen LogP contribution in [0.4, 0.5) is 0 Å². The maximum atomic E-state index is 13.0. The largest absolute Gasteiger partial charge is 0.494 e. The zero-order valence-electron chi connectivity index (χ0n) is 18.8. The molecule has 2 fully saturated rings. The van der Waals surface area contributed by atoms with E-state index in [4.69, 9.17) is 4.74 Å². The van der Waals surface area contributed by atoms with Gasteiger partial charge in [0.2, 0.25) is 5.91 Å². The second kappa shape index (κ2) is 10.6. The van der Waals surface area contributed by atoms with Gasteiger partial charge in [-0.05, 0) is 49.6 Å². The van der Waals surface area contributed by atoms with Gasteiger partial charge in [-0.15, -0.1) is 0 Å². The third-order valence-corrected chi connectivity index (χ3v) is 6.38. The lowest BCUT2D eigenvalue weighted by Crippen LogP contribution is -2.51. The lowest BCUT2D eigenvalue weighted by Gasteiger charge is -2.38. The zero-order chi connectivity index (χ0) is 22.3. The number of aromatic nitrogens is 1. The van der Waals surface area contributed by atoms with Gasteiger partial charge < -0.3 is 14.5 Å². The van der Waals surface area contributed by atoms with Gasteiger partial charge in [-0.3, -0.25) is 19.5 Å². The summed E-state index contributed by atoms with van der Waals surface area (Å²) in [4.78, 5) is 35.9. The fraction of sp³-hybridized carbons (Fsp3) is 0.480. The number of nitrogens with zero attached hydrogens (tertiary/aromatic N) is 4. The third kappa shape index (κ3) is 5.46. The van der Waals surface area contributed by atoms with Crippen LogP contribution in [0.5, 0.6) is 5.75 Å². The zero-order valence-corrected chi connectivity index (χ0v) is 18.8. The summed E-state index contributed by atoms with van der Waals surface area (Å²) < 4.78 is 5.51. The van der Waals surface area contributed by atoms with Crippen molar-refractivity contribution < 1.29 is 14.3 Å². The summed E-state index contributed by atoms with van der Waals surface area (Å²) in [5.74, 6) is 1.21. The van der Waals surface area contributed by atoms with Gasteiger partial charge in [0.25, 0.3) is 5.91 Å². The Bertz CT molecular complexity index is 887. The molecule has 0 unspecified atom stereocenters. The molecule has 0 atom stereocenters. The van der Waals surface area contributed by atoms with Crippen molar-refractivity contribution in [3.8, 4) is 5.75 Å². The van der Waals surface area contributed by atoms with Crippen LogP contribution < -0.4 is 4.74 Å². The van der Waals surface area contributed by atoms with E-state index in [0.717, 1.165) is 51.3 Å². The van der Waals surface area contributed by atoms with Crippen LogP contribution in [0.2, 0.25) is 0 Å². The molecule has 3 heterocycles. The van der Waals surface area contributed by atoms with Crippen molar-refractivity contribution >= 4 is 11.8 Å². The summed E-state index contributed by atoms with van der Waals surface area (Å²) in [5, 5.41) is 0. The molecule has 32 heavy (non-hydrogen) atoms. The van der Waals surface area contributed by atoms with E-state index < -0.39 is 0 Å². The Morgan fingerprint density at radius 1 is 0.906 bits per heavy atom. The van der Waals surface area contributed by atoms with Gasteiger partial charge in [-0.25, -0.2) is 0 Å². The summed E-state index contributed by atoms with van der Waals surface area (Å²) in [6.07, 6.45) is 4.75. The molecule has 0 spiro atoms. The Hall–Kier alpha value is -2.93. The molecule has 0 bridgehead atoms. The minimum atomic E-state index is 0.0224. The molecule has 4 rings (SSSR count). The van der Waals surface area contributed by atoms with Crippen molar-refractivity contribution in [1.29, 1.82) is 0 Å². The van der Waals surface area contributed by atoms with Crippen LogP contribution in [0.25, 0.3) is 0 Å². The second-order valence-corrected chi connectivity index (χ2v) is 8.48. The van der Waals surface area contributed by atoms with Crippen LogP contribution in [-0.2, 0) is 11.3 Å². The molecule has 2 aromatic rings. The summed E-state index contributed by atoms with van der Waals surface area (Å²) in [6, 6.07) is 11.8. The number of ether oxygens (including phenoxy) is 1. The van der Waals surface area contributed by atoms with E-state index in [9.17, 15) is 9.59 Å². The highest BCUT2D eigenvalue weighted by atomic mass is 16.5. The van der Waals surface area contributed by atoms with Crippen molar-refractivity contribution in [2.24, 2.45) is 5.92 Å². The molecule has 0 N–H and O–H groups in total. The predicted molar refractivity (Wildman–Crippen MR) is 122 cm³/mol. The number of piperazine rings is 1. The van der Waals surface area contributed by atoms with Crippen LogP contribution in [0.15, 0.2) is 48.8 Å². The van der Waals surface area contributed by atoms with E-state index in [-0.39, 0.29) is 17.7 Å². The molecule has 1 aromatic heterocycles. The number of rotatable bonds is 6. The standard InChI is InChI=1S/C25H32N4O3/c1-2-32-23-5-3-20(4-6-23)19-27-15-17-29(18-16-27)25(31)22-9-13-28(14-10-22)24(30)21-7-11-26-12-8-21/h3-8,11-12,22H,2,9-10,13-19H2,1H3. The van der Waals surface area contributed by atoms with Gasteiger partial charge in [-0.1, -0.05) is 12.1 Å². The highest BCUT2D eigenvalue weighted by Gasteiger charge is 2.31. The number of carbonyl (C=O) groups is 2. The maximum absolute atomic E-state index is 13.0. The minimum Gasteiger partial charge on any atom is -0.494 e. The van der Waals surface area contributed by atoms with Gasteiger partial charge in [0, 0.05) is 69.7 Å². The van der Waals surface area contributed by atoms with Crippen LogP contribution >= 0.6 is 0 Å². The first-order valence-electron chi connectivity index (χ1n) is 11.6. The quantitative estimate of drug-likeness (QED) is 0.697. The van der Waals surface area contributed by atoms with E-state index >= 15 is 0 Å². The first kappa shape index (κ1) is 22.3. The Labute approximate surface area is 190 Å². The molecule has 2 aliphatic heterocycles. The average molecular weight is 437 g/mol. The van der Waals surface area contributed by atoms with E-state index in [1.165, 1.54) is 5.56 Å². The Morgan fingerprint density at radius 2 is 1.56 bits per heavy atom. The smallest absolute Gasteiger partial charge is 0.253 e. The van der Waals surface area contributed by atoms with Gasteiger partial charge >= 0.3 is 0 Å². The highest BCUT2D eigenvalue weighted by Crippen LogP contribution is 2.22. The Morgan fingerprint density at radius 3 is 2.19 bits per heavy atom. The van der Waals surface area contributed by atoms with Gasteiger partial charge in [-0.2, -0.15) is 0 Å². The summed E-state index contributed by atoms with van der Waals surface area (Å²) >= 11 is 0. The fourth-order valence-electron chi connectivity index (χ4n) is 4.51. The number of benzene rings is 1. The van der Waals surface area contributed by atoms with Crippen LogP contribution in [-0.4, -0.2) is 77.4 Å². The third-order valence-electron chi connectivity index (χ3n) is 6.38. The van der Waals surface area contributed by atoms with Gasteiger partial charge in [0.1, 0.15) is 5.75 Å². The Balaban J connectivity index is 1.21. The normalized spacial score (nSPS) is 17.9. The minimum absolute atomic E-state index is 0.0224. The topological polar surface area (TPSA) is 66.0 Å². The van der Waals surface area contributed by atoms with Crippen molar-refractivity contribution in [2.75, 3.05) is 45.9 Å². The van der Waals surface area contributed by atoms with E-state index in [2.05, 4.69) is 22.0 Å². The van der Waals surface area contributed by atoms with Crippen LogP contribution in [0, 0.1) is 5.92 Å². The maximum Gasteiger partial charge on any atom is 0.253 e. The molecule has 0 radical (unpaired) electrons. The first-order chi connectivity index (χ1) is 15.6. The van der Waals surface area contributed by atoms with Crippen molar-refractivity contribution in [3.63, 3.8) is 0 Å². The SMILES string of the molecule is CCOc1ccc(CN2CCN(C(=O)C3CCN(C(=O)c4ccncc4)CC3)CC2)cc1. The van der Waals surface area contributed by atoms with Crippen molar-refractivity contribution in [1.82, 2.24) is 19.7 Å². The molecule has 0 aliphatic carbocycles. The van der Waals surface area contributed by atoms with E-state index in [1.54, 1.807) is 24.5 Å². The molecule has 1 aromatic carbocycles. The molecule has 7 heteroatoms. The lowest BCUT2D eigenvalue weighted by molar-refractivity contribution is -0.138. The molecular formula is C25H32N4O3. The second-order valence-electron chi connectivity index (χ2n) is 8.48. The molecule has 7 nitrogen and oxygen atoms in total. The Kier molecular flexibility index (Phi) is 7.37. The van der Waals surface area contributed by atoms with Gasteiger partial charge in [0.15, 0.2) is 0 Å². The number of pyridine rings is 1. The number of hydrogen-bond acceptors (Lipinski definition) is 5. The van der Waals surface area contributed by atoms with Crippen LogP contribution in [0.1, 0.15) is 35.7 Å². The highest BCUT2D eigenvalue weighted by molar-refractivity contribution is 5.94. The fourth-order valence-corrected chi connectivity index (χ4v) is 4.51. The molecule has 170 valence electrons. The number of hydrogen-bond donors (Lipinski definition) is 0. The van der Waals surface area contributed by atoms with Crippen LogP contribution in [0.3, 0.4) is 0 Å². The van der Waals surface area contributed by atoms with Crippen molar-refractivity contribution in [3.05, 3.63) is 59.9 Å². The summed E-state index contributed by atoms with van der Waals surface area (Å²) in [5.41, 5.74) is 1.92. The van der Waals surface area contributed by atoms with Crippen molar-refractivity contribution in [2.45, 2.75) is 26.3 Å². The molecule has 2 saturated heterocycles.